The first-order valence-electron chi connectivity index (χ1n) is 6.30. The molecule has 2 aromatic carbocycles. The minimum absolute atomic E-state index is 0.337. The van der Waals surface area contributed by atoms with E-state index in [0.29, 0.717) is 11.8 Å². The number of carbonyl (C=O) groups excluding carboxylic acids is 1. The molecule has 0 aliphatic rings. The molecule has 8 nitrogen and oxygen atoms in total. The van der Waals surface area contributed by atoms with E-state index in [4.69, 9.17) is 11.6 Å². The monoisotopic (exact) mass is 335 g/mol. The molecule has 0 aliphatic heterocycles. The molecule has 0 bridgehead atoms. The predicted molar refractivity (Wildman–Crippen MR) is 83.9 cm³/mol. The summed E-state index contributed by atoms with van der Waals surface area (Å²) in [5.41, 5.74) is -0.387. The van der Waals surface area contributed by atoms with Crippen LogP contribution in [-0.2, 0) is 0 Å². The third-order valence-corrected chi connectivity index (χ3v) is 3.48. The summed E-state index contributed by atoms with van der Waals surface area (Å²) in [5.74, 6) is -0.767. The van der Waals surface area contributed by atoms with Gasteiger partial charge in [-0.2, -0.15) is 0 Å². The third-order valence-electron chi connectivity index (χ3n) is 3.08. The van der Waals surface area contributed by atoms with Crippen LogP contribution in [0.1, 0.15) is 15.9 Å². The van der Waals surface area contributed by atoms with Gasteiger partial charge in [-0.3, -0.25) is 25.0 Å². The molecule has 0 radical (unpaired) electrons. The van der Waals surface area contributed by atoms with Crippen molar-refractivity contribution in [3.63, 3.8) is 0 Å². The van der Waals surface area contributed by atoms with Crippen LogP contribution in [0.25, 0.3) is 0 Å². The van der Waals surface area contributed by atoms with E-state index in [2.05, 4.69) is 5.32 Å². The highest BCUT2D eigenvalue weighted by atomic mass is 35.5. The Kier molecular flexibility index (Phi) is 4.56. The number of benzene rings is 2. The zero-order valence-corrected chi connectivity index (χ0v) is 12.5. The number of halogens is 1. The van der Waals surface area contributed by atoms with Crippen molar-refractivity contribution >= 4 is 34.6 Å². The lowest BCUT2D eigenvalue weighted by molar-refractivity contribution is -0.394. The Labute approximate surface area is 135 Å². The average molecular weight is 336 g/mol. The lowest BCUT2D eigenvalue weighted by atomic mass is 10.1. The lowest BCUT2D eigenvalue weighted by Gasteiger charge is -2.09. The average Bonchev–Trinajstić information content (AvgIpc) is 2.49. The van der Waals surface area contributed by atoms with Crippen LogP contribution in [0.15, 0.2) is 36.4 Å². The van der Waals surface area contributed by atoms with E-state index < -0.39 is 32.2 Å². The van der Waals surface area contributed by atoms with Gasteiger partial charge in [0.15, 0.2) is 0 Å². The number of rotatable bonds is 4. The molecule has 0 unspecified atom stereocenters. The molecule has 23 heavy (non-hydrogen) atoms. The first-order valence-corrected chi connectivity index (χ1v) is 6.68. The Morgan fingerprint density at radius 2 is 1.78 bits per heavy atom. The van der Waals surface area contributed by atoms with Gasteiger partial charge >= 0.3 is 0 Å². The summed E-state index contributed by atoms with van der Waals surface area (Å²) in [5, 5.41) is 23.9. The van der Waals surface area contributed by atoms with Gasteiger partial charge in [0, 0.05) is 11.8 Å². The van der Waals surface area contributed by atoms with Gasteiger partial charge in [0.25, 0.3) is 17.3 Å². The molecule has 0 heterocycles. The van der Waals surface area contributed by atoms with Crippen LogP contribution >= 0.6 is 11.6 Å². The summed E-state index contributed by atoms with van der Waals surface area (Å²) < 4.78 is 0. The number of hydrogen-bond acceptors (Lipinski definition) is 5. The number of anilines is 1. The molecule has 0 spiro atoms. The number of nitro groups is 2. The maximum absolute atomic E-state index is 12.3. The van der Waals surface area contributed by atoms with Crippen molar-refractivity contribution in [2.45, 2.75) is 6.92 Å². The first kappa shape index (κ1) is 16.4. The van der Waals surface area contributed by atoms with Crippen molar-refractivity contribution in [2.75, 3.05) is 5.32 Å². The number of hydrogen-bond donors (Lipinski definition) is 1. The Morgan fingerprint density at radius 1 is 1.13 bits per heavy atom. The second kappa shape index (κ2) is 6.41. The van der Waals surface area contributed by atoms with E-state index in [1.807, 2.05) is 0 Å². The van der Waals surface area contributed by atoms with Crippen molar-refractivity contribution in [3.8, 4) is 0 Å². The standard InChI is InChI=1S/C14H10ClN3O5/c1-8-4-2-3-5-11(8)16-14(19)10-6-9(17(20)21)7-12(13(10)15)18(22)23/h2-7H,1H3,(H,16,19). The topological polar surface area (TPSA) is 115 Å². The SMILES string of the molecule is Cc1ccccc1NC(=O)c1cc([N+](=O)[O-])cc([N+](=O)[O-])c1Cl. The van der Waals surface area contributed by atoms with E-state index in [1.165, 1.54) is 0 Å². The summed E-state index contributed by atoms with van der Waals surface area (Å²) in [6.45, 7) is 1.76. The summed E-state index contributed by atoms with van der Waals surface area (Å²) in [7, 11) is 0. The fourth-order valence-electron chi connectivity index (χ4n) is 1.90. The number of non-ortho nitro benzene ring substituents is 1. The van der Waals surface area contributed by atoms with Gasteiger partial charge in [0.1, 0.15) is 5.02 Å². The minimum Gasteiger partial charge on any atom is -0.322 e. The number of nitrogens with one attached hydrogen (secondary N) is 1. The molecule has 9 heteroatoms. The van der Waals surface area contributed by atoms with Crippen molar-refractivity contribution < 1.29 is 14.6 Å². The molecule has 1 N–H and O–H groups in total. The van der Waals surface area contributed by atoms with Gasteiger partial charge in [-0.05, 0) is 18.6 Å². The fraction of sp³-hybridized carbons (Fsp3) is 0.0714. The van der Waals surface area contributed by atoms with Crippen molar-refractivity contribution in [1.82, 2.24) is 0 Å². The van der Waals surface area contributed by atoms with Crippen LogP contribution in [0.2, 0.25) is 5.02 Å². The van der Waals surface area contributed by atoms with Gasteiger partial charge in [0.05, 0.1) is 21.5 Å². The number of carbonyl (C=O) groups is 1. The quantitative estimate of drug-likeness (QED) is 0.675. The largest absolute Gasteiger partial charge is 0.322 e. The van der Waals surface area contributed by atoms with Crippen LogP contribution in [0.3, 0.4) is 0 Å². The maximum Gasteiger partial charge on any atom is 0.295 e. The number of nitro benzene ring substituents is 2. The molecule has 0 saturated carbocycles. The molecule has 0 aromatic heterocycles. The van der Waals surface area contributed by atoms with E-state index in [0.717, 1.165) is 11.6 Å². The van der Waals surface area contributed by atoms with Crippen LogP contribution < -0.4 is 5.32 Å². The summed E-state index contributed by atoms with van der Waals surface area (Å²) in [4.78, 5) is 32.4. The fourth-order valence-corrected chi connectivity index (χ4v) is 2.16. The summed E-state index contributed by atoms with van der Waals surface area (Å²) in [6, 6.07) is 8.48. The second-order valence-electron chi connectivity index (χ2n) is 4.61. The van der Waals surface area contributed by atoms with Gasteiger partial charge in [-0.15, -0.1) is 0 Å². The zero-order chi connectivity index (χ0) is 17.1. The normalized spacial score (nSPS) is 10.2. The van der Waals surface area contributed by atoms with E-state index in [1.54, 1.807) is 31.2 Å². The Bertz CT molecular complexity index is 822. The summed E-state index contributed by atoms with van der Waals surface area (Å²) >= 11 is 5.86. The van der Waals surface area contributed by atoms with Crippen LogP contribution in [-0.4, -0.2) is 15.8 Å². The molecule has 0 atom stereocenters. The molecule has 0 aliphatic carbocycles. The Hall–Kier alpha value is -3.00. The van der Waals surface area contributed by atoms with Gasteiger partial charge in [-0.1, -0.05) is 29.8 Å². The van der Waals surface area contributed by atoms with Gasteiger partial charge in [0.2, 0.25) is 0 Å². The highest BCUT2D eigenvalue weighted by Gasteiger charge is 2.26. The molecule has 0 saturated heterocycles. The zero-order valence-electron chi connectivity index (χ0n) is 11.8. The number of aryl methyl sites for hydroxylation is 1. The van der Waals surface area contributed by atoms with E-state index >= 15 is 0 Å². The first-order chi connectivity index (χ1) is 10.8. The minimum atomic E-state index is -0.875. The van der Waals surface area contributed by atoms with E-state index in [-0.39, 0.29) is 5.56 Å². The molecular formula is C14H10ClN3O5. The molecule has 0 fully saturated rings. The maximum atomic E-state index is 12.3. The lowest BCUT2D eigenvalue weighted by Crippen LogP contribution is -2.14. The van der Waals surface area contributed by atoms with Crippen LogP contribution in [0.4, 0.5) is 17.1 Å². The predicted octanol–water partition coefficient (Wildman–Crippen LogP) is 3.72. The van der Waals surface area contributed by atoms with Gasteiger partial charge < -0.3 is 5.32 Å². The van der Waals surface area contributed by atoms with Crippen LogP contribution in [0.5, 0.6) is 0 Å². The Morgan fingerprint density at radius 3 is 2.35 bits per heavy atom. The van der Waals surface area contributed by atoms with Gasteiger partial charge in [-0.25, -0.2) is 0 Å². The molecule has 2 rings (SSSR count). The Balaban J connectivity index is 2.49. The van der Waals surface area contributed by atoms with Crippen molar-refractivity contribution in [1.29, 1.82) is 0 Å². The van der Waals surface area contributed by atoms with Crippen molar-refractivity contribution in [3.05, 3.63) is 72.8 Å². The molecule has 2 aromatic rings. The number of para-hydroxylation sites is 1. The van der Waals surface area contributed by atoms with Crippen molar-refractivity contribution in [2.24, 2.45) is 0 Å². The smallest absolute Gasteiger partial charge is 0.295 e. The highest BCUT2D eigenvalue weighted by Crippen LogP contribution is 2.33. The number of nitrogens with zero attached hydrogens (tertiary/aromatic N) is 2. The number of amides is 1. The molecule has 1 amide bonds. The molecule has 118 valence electrons. The summed E-state index contributed by atoms with van der Waals surface area (Å²) in [6.07, 6.45) is 0. The highest BCUT2D eigenvalue weighted by molar-refractivity contribution is 6.36. The third kappa shape index (κ3) is 3.43. The van der Waals surface area contributed by atoms with E-state index in [9.17, 15) is 25.0 Å². The van der Waals surface area contributed by atoms with Crippen LogP contribution in [0, 0.1) is 27.2 Å². The molecular weight excluding hydrogens is 326 g/mol. The second-order valence-corrected chi connectivity index (χ2v) is 4.99.